The van der Waals surface area contributed by atoms with E-state index in [-0.39, 0.29) is 0 Å². The van der Waals surface area contributed by atoms with Crippen molar-refractivity contribution < 1.29 is 9.53 Å². The second-order valence-corrected chi connectivity index (χ2v) is 5.40. The number of carbonyl (C=O) groups excluding carboxylic acids is 1. The first-order valence-corrected chi connectivity index (χ1v) is 7.09. The largest absolute Gasteiger partial charge is 0.367 e. The van der Waals surface area contributed by atoms with E-state index in [1.165, 1.54) is 0 Å². The highest BCUT2D eigenvalue weighted by Crippen LogP contribution is 2.32. The van der Waals surface area contributed by atoms with Crippen LogP contribution in [0.4, 0.5) is 5.69 Å². The van der Waals surface area contributed by atoms with E-state index >= 15 is 0 Å². The van der Waals surface area contributed by atoms with E-state index in [9.17, 15) is 4.79 Å². The summed E-state index contributed by atoms with van der Waals surface area (Å²) in [5.74, 6) is -0.410. The number of hydrogen-bond acceptors (Lipinski definition) is 4. The van der Waals surface area contributed by atoms with Crippen LogP contribution in [0.3, 0.4) is 0 Å². The van der Waals surface area contributed by atoms with Crippen molar-refractivity contribution in [1.82, 2.24) is 4.98 Å². The van der Waals surface area contributed by atoms with E-state index in [4.69, 9.17) is 10.5 Å². The minimum atomic E-state index is -0.551. The average molecular weight is 285 g/mol. The van der Waals surface area contributed by atoms with Crippen LogP contribution in [-0.2, 0) is 9.53 Å². The van der Waals surface area contributed by atoms with Crippen LogP contribution < -0.4 is 10.6 Å². The molecule has 2 N–H and O–H groups in total. The molecule has 0 bridgehead atoms. The van der Waals surface area contributed by atoms with Crippen molar-refractivity contribution in [2.45, 2.75) is 20.0 Å². The van der Waals surface area contributed by atoms with Crippen LogP contribution in [0.15, 0.2) is 24.3 Å². The predicted molar refractivity (Wildman–Crippen MR) is 82.4 cm³/mol. The molecule has 1 aromatic heterocycles. The number of nitrogens with two attached hydrogens (primary N) is 1. The lowest BCUT2D eigenvalue weighted by atomic mass is 10.0. The number of ether oxygens (including phenoxy) is 1. The molecule has 1 aromatic carbocycles. The molecule has 3 rings (SSSR count). The molecule has 0 aliphatic carbocycles. The smallest absolute Gasteiger partial charge is 0.248 e. The van der Waals surface area contributed by atoms with Crippen molar-refractivity contribution in [1.29, 1.82) is 0 Å². The van der Waals surface area contributed by atoms with Crippen LogP contribution >= 0.6 is 0 Å². The molecule has 5 heteroatoms. The molecule has 1 aliphatic heterocycles. The third kappa shape index (κ3) is 2.45. The Labute approximate surface area is 123 Å². The van der Waals surface area contributed by atoms with Gasteiger partial charge in [-0.2, -0.15) is 0 Å². The summed E-state index contributed by atoms with van der Waals surface area (Å²) in [5, 5.41) is 1.10. The Bertz CT molecular complexity index is 699. The van der Waals surface area contributed by atoms with Gasteiger partial charge >= 0.3 is 0 Å². The van der Waals surface area contributed by atoms with Gasteiger partial charge in [0.25, 0.3) is 0 Å². The number of morpholine rings is 1. The van der Waals surface area contributed by atoms with E-state index in [1.54, 1.807) is 0 Å². The molecule has 1 amide bonds. The average Bonchev–Trinajstić information content (AvgIpc) is 2.48. The highest BCUT2D eigenvalue weighted by atomic mass is 16.5. The van der Waals surface area contributed by atoms with Gasteiger partial charge in [-0.05, 0) is 25.5 Å². The number of carbonyl (C=O) groups is 1. The third-order valence-corrected chi connectivity index (χ3v) is 4.05. The Morgan fingerprint density at radius 3 is 2.90 bits per heavy atom. The predicted octanol–water partition coefficient (Wildman–Crippen LogP) is 1.54. The van der Waals surface area contributed by atoms with E-state index in [0.717, 1.165) is 34.4 Å². The number of rotatable bonds is 2. The fourth-order valence-corrected chi connectivity index (χ4v) is 2.84. The molecule has 2 heterocycles. The van der Waals surface area contributed by atoms with Gasteiger partial charge in [0.05, 0.1) is 24.4 Å². The fraction of sp³-hybridized carbons (Fsp3) is 0.375. The van der Waals surface area contributed by atoms with Crippen LogP contribution in [0.25, 0.3) is 10.9 Å². The highest BCUT2D eigenvalue weighted by molar-refractivity contribution is 5.94. The Balaban J connectivity index is 2.10. The lowest BCUT2D eigenvalue weighted by molar-refractivity contribution is -0.130. The van der Waals surface area contributed by atoms with Crippen LogP contribution in [0.1, 0.15) is 11.3 Å². The normalized spacial score (nSPS) is 19.0. The van der Waals surface area contributed by atoms with E-state index in [2.05, 4.69) is 22.9 Å². The molecule has 0 saturated carbocycles. The Hall–Kier alpha value is -2.14. The monoisotopic (exact) mass is 285 g/mol. The summed E-state index contributed by atoms with van der Waals surface area (Å²) < 4.78 is 5.44. The van der Waals surface area contributed by atoms with Crippen LogP contribution in [0, 0.1) is 13.8 Å². The first kappa shape index (κ1) is 13.8. The Morgan fingerprint density at radius 1 is 1.38 bits per heavy atom. The number of benzene rings is 1. The van der Waals surface area contributed by atoms with E-state index in [0.29, 0.717) is 13.2 Å². The lowest BCUT2D eigenvalue weighted by Crippen LogP contribution is -2.48. The number of hydrogen-bond donors (Lipinski definition) is 1. The molecule has 1 saturated heterocycles. The summed E-state index contributed by atoms with van der Waals surface area (Å²) in [5.41, 5.74) is 9.63. The minimum Gasteiger partial charge on any atom is -0.367 e. The molecule has 110 valence electrons. The molecule has 1 atom stereocenters. The van der Waals surface area contributed by atoms with Crippen molar-refractivity contribution in [3.8, 4) is 0 Å². The van der Waals surface area contributed by atoms with Crippen LogP contribution in [-0.4, -0.2) is 36.7 Å². The quantitative estimate of drug-likeness (QED) is 0.909. The van der Waals surface area contributed by atoms with Gasteiger partial charge in [-0.15, -0.1) is 0 Å². The first-order chi connectivity index (χ1) is 10.1. The molecule has 1 fully saturated rings. The number of anilines is 1. The third-order valence-electron chi connectivity index (χ3n) is 4.05. The van der Waals surface area contributed by atoms with E-state index < -0.39 is 12.0 Å². The molecular formula is C16H19N3O2. The number of pyridine rings is 1. The van der Waals surface area contributed by atoms with Crippen molar-refractivity contribution >= 4 is 22.5 Å². The Kier molecular flexibility index (Phi) is 3.51. The molecular weight excluding hydrogens is 266 g/mol. The summed E-state index contributed by atoms with van der Waals surface area (Å²) >= 11 is 0. The van der Waals surface area contributed by atoms with Crippen molar-refractivity contribution in [3.63, 3.8) is 0 Å². The number of amides is 1. The maximum absolute atomic E-state index is 11.4. The fourth-order valence-electron chi connectivity index (χ4n) is 2.84. The second kappa shape index (κ2) is 5.33. The number of fused-ring (bicyclic) bond motifs is 1. The standard InChI is InChI=1S/C16H19N3O2/c1-10-11(2)18-13-6-4-3-5-12(13)15(10)19-7-8-21-14(9-19)16(17)20/h3-6,14H,7-9H2,1-2H3,(H2,17,20)/t14-/m1/s1. The highest BCUT2D eigenvalue weighted by Gasteiger charge is 2.27. The SMILES string of the molecule is Cc1nc2ccccc2c(N2CCO[C@@H](C(N)=O)C2)c1C. The van der Waals surface area contributed by atoms with E-state index in [1.807, 2.05) is 25.1 Å². The maximum Gasteiger partial charge on any atom is 0.248 e. The van der Waals surface area contributed by atoms with Crippen LogP contribution in [0.2, 0.25) is 0 Å². The molecule has 21 heavy (non-hydrogen) atoms. The Morgan fingerprint density at radius 2 is 2.14 bits per heavy atom. The zero-order valence-electron chi connectivity index (χ0n) is 12.3. The number of nitrogens with zero attached hydrogens (tertiary/aromatic N) is 2. The summed E-state index contributed by atoms with van der Waals surface area (Å²) in [6, 6.07) is 8.07. The molecule has 1 aliphatic rings. The van der Waals surface area contributed by atoms with Gasteiger partial charge in [0.2, 0.25) is 5.91 Å². The van der Waals surface area contributed by atoms with Gasteiger partial charge in [-0.3, -0.25) is 9.78 Å². The summed E-state index contributed by atoms with van der Waals surface area (Å²) in [4.78, 5) is 18.2. The number of aryl methyl sites for hydroxylation is 1. The zero-order chi connectivity index (χ0) is 15.0. The maximum atomic E-state index is 11.4. The molecule has 2 aromatic rings. The summed E-state index contributed by atoms with van der Waals surface area (Å²) in [6.45, 7) is 5.82. The lowest BCUT2D eigenvalue weighted by Gasteiger charge is -2.35. The van der Waals surface area contributed by atoms with Gasteiger partial charge in [0, 0.05) is 17.6 Å². The summed E-state index contributed by atoms with van der Waals surface area (Å²) in [7, 11) is 0. The zero-order valence-corrected chi connectivity index (χ0v) is 12.3. The van der Waals surface area contributed by atoms with Gasteiger partial charge in [0.1, 0.15) is 0 Å². The number of para-hydroxylation sites is 1. The van der Waals surface area contributed by atoms with Gasteiger partial charge < -0.3 is 15.4 Å². The minimum absolute atomic E-state index is 0.410. The topological polar surface area (TPSA) is 68.5 Å². The summed E-state index contributed by atoms with van der Waals surface area (Å²) in [6.07, 6.45) is -0.551. The molecule has 5 nitrogen and oxygen atoms in total. The molecule has 0 unspecified atom stereocenters. The first-order valence-electron chi connectivity index (χ1n) is 7.09. The number of primary amides is 1. The van der Waals surface area contributed by atoms with Crippen molar-refractivity contribution in [3.05, 3.63) is 35.5 Å². The number of aromatic nitrogens is 1. The van der Waals surface area contributed by atoms with Gasteiger partial charge in [0.15, 0.2) is 6.10 Å². The van der Waals surface area contributed by atoms with Crippen molar-refractivity contribution in [2.24, 2.45) is 5.73 Å². The van der Waals surface area contributed by atoms with Gasteiger partial charge in [-0.25, -0.2) is 0 Å². The second-order valence-electron chi connectivity index (χ2n) is 5.40. The molecule has 0 radical (unpaired) electrons. The van der Waals surface area contributed by atoms with Crippen molar-refractivity contribution in [2.75, 3.05) is 24.6 Å². The van der Waals surface area contributed by atoms with Gasteiger partial charge in [-0.1, -0.05) is 18.2 Å². The van der Waals surface area contributed by atoms with Crippen LogP contribution in [0.5, 0.6) is 0 Å². The molecule has 0 spiro atoms.